The number of benzene rings is 1. The Morgan fingerprint density at radius 3 is 2.73 bits per heavy atom. The molecule has 1 aromatic rings. The van der Waals surface area contributed by atoms with Crippen LogP contribution in [0, 0.1) is 11.8 Å². The molecular weight excluding hydrogens is 276 g/mol. The van der Waals surface area contributed by atoms with Crippen LogP contribution < -0.4 is 15.4 Å². The Morgan fingerprint density at radius 1 is 1.27 bits per heavy atom. The van der Waals surface area contributed by atoms with Crippen molar-refractivity contribution in [1.82, 2.24) is 5.32 Å². The molecule has 0 aliphatic heterocycles. The van der Waals surface area contributed by atoms with E-state index in [2.05, 4.69) is 24.5 Å². The van der Waals surface area contributed by atoms with Gasteiger partial charge in [0.15, 0.2) is 0 Å². The normalized spacial score (nSPS) is 26.3. The number of carbonyl (C=O) groups is 1. The second kappa shape index (κ2) is 7.63. The number of amides is 1. The Morgan fingerprint density at radius 2 is 2.00 bits per heavy atom. The van der Waals surface area contributed by atoms with E-state index in [-0.39, 0.29) is 11.9 Å². The van der Waals surface area contributed by atoms with E-state index in [9.17, 15) is 4.79 Å². The molecule has 1 saturated carbocycles. The lowest BCUT2D eigenvalue weighted by Gasteiger charge is -2.36. The molecule has 1 aliphatic rings. The van der Waals surface area contributed by atoms with Gasteiger partial charge in [0.1, 0.15) is 5.75 Å². The van der Waals surface area contributed by atoms with Crippen molar-refractivity contribution < 1.29 is 9.53 Å². The van der Waals surface area contributed by atoms with Crippen LogP contribution >= 0.6 is 0 Å². The van der Waals surface area contributed by atoms with Crippen LogP contribution in [-0.4, -0.2) is 25.1 Å². The first-order chi connectivity index (χ1) is 10.5. The topological polar surface area (TPSA) is 50.4 Å². The van der Waals surface area contributed by atoms with Crippen molar-refractivity contribution in [3.05, 3.63) is 24.3 Å². The zero-order chi connectivity index (χ0) is 16.1. The van der Waals surface area contributed by atoms with Gasteiger partial charge >= 0.3 is 0 Å². The van der Waals surface area contributed by atoms with Crippen molar-refractivity contribution in [2.24, 2.45) is 11.8 Å². The summed E-state index contributed by atoms with van der Waals surface area (Å²) in [6.45, 7) is 6.52. The standard InChI is InChI=1S/C18H28N2O2/c1-12-8-7-10-15(13(12)2)19-14(3)18(21)20-16-9-5-6-11-17(16)22-4/h5-6,9,11-15,19H,7-8,10H2,1-4H3,(H,20,21)/t12-,13+,14-,15-/m0/s1. The van der Waals surface area contributed by atoms with Crippen molar-refractivity contribution in [3.8, 4) is 5.75 Å². The summed E-state index contributed by atoms with van der Waals surface area (Å²) >= 11 is 0. The van der Waals surface area contributed by atoms with E-state index >= 15 is 0 Å². The van der Waals surface area contributed by atoms with Crippen LogP contribution in [0.2, 0.25) is 0 Å². The minimum atomic E-state index is -0.220. The summed E-state index contributed by atoms with van der Waals surface area (Å²) in [5.41, 5.74) is 0.716. The molecule has 22 heavy (non-hydrogen) atoms. The molecule has 122 valence electrons. The summed E-state index contributed by atoms with van der Waals surface area (Å²) in [5, 5.41) is 6.45. The maximum absolute atomic E-state index is 12.4. The highest BCUT2D eigenvalue weighted by atomic mass is 16.5. The molecule has 4 heteroatoms. The van der Waals surface area contributed by atoms with Gasteiger partial charge in [0.05, 0.1) is 18.8 Å². The highest BCUT2D eigenvalue weighted by Gasteiger charge is 2.29. The predicted molar refractivity (Wildman–Crippen MR) is 90.2 cm³/mol. The third-order valence-electron chi connectivity index (χ3n) is 4.93. The van der Waals surface area contributed by atoms with E-state index < -0.39 is 0 Å². The van der Waals surface area contributed by atoms with E-state index in [0.717, 1.165) is 12.3 Å². The van der Waals surface area contributed by atoms with E-state index in [1.165, 1.54) is 12.8 Å². The van der Waals surface area contributed by atoms with Crippen LogP contribution in [0.15, 0.2) is 24.3 Å². The number of hydrogen-bond acceptors (Lipinski definition) is 3. The van der Waals surface area contributed by atoms with Crippen molar-refractivity contribution in [2.45, 2.75) is 52.1 Å². The maximum atomic E-state index is 12.4. The SMILES string of the molecule is COc1ccccc1NC(=O)[C@H](C)N[C@H]1CCC[C@H](C)[C@H]1C. The number of carbonyl (C=O) groups excluding carboxylic acids is 1. The number of nitrogens with one attached hydrogen (secondary N) is 2. The summed E-state index contributed by atoms with van der Waals surface area (Å²) in [7, 11) is 1.61. The molecule has 4 atom stereocenters. The van der Waals surface area contributed by atoms with Crippen molar-refractivity contribution in [2.75, 3.05) is 12.4 Å². The number of methoxy groups -OCH3 is 1. The lowest BCUT2D eigenvalue weighted by atomic mass is 9.78. The summed E-state index contributed by atoms with van der Waals surface area (Å²) in [5.74, 6) is 1.99. The zero-order valence-corrected chi connectivity index (χ0v) is 14.1. The smallest absolute Gasteiger partial charge is 0.241 e. The van der Waals surface area contributed by atoms with Gasteiger partial charge in [0.2, 0.25) is 5.91 Å². The molecule has 1 aromatic carbocycles. The fourth-order valence-electron chi connectivity index (χ4n) is 3.20. The van der Waals surface area contributed by atoms with Gasteiger partial charge in [-0.15, -0.1) is 0 Å². The van der Waals surface area contributed by atoms with E-state index in [1.807, 2.05) is 31.2 Å². The number of para-hydroxylation sites is 2. The minimum absolute atomic E-state index is 0.0186. The second-order valence-electron chi connectivity index (χ2n) is 6.45. The number of ether oxygens (including phenoxy) is 1. The molecule has 1 aliphatic carbocycles. The first-order valence-corrected chi connectivity index (χ1v) is 8.23. The Kier molecular flexibility index (Phi) is 5.83. The lowest BCUT2D eigenvalue weighted by molar-refractivity contribution is -0.118. The molecule has 0 aromatic heterocycles. The Bertz CT molecular complexity index is 504. The van der Waals surface area contributed by atoms with Gasteiger partial charge in [-0.25, -0.2) is 0 Å². The zero-order valence-electron chi connectivity index (χ0n) is 14.1. The second-order valence-corrected chi connectivity index (χ2v) is 6.45. The van der Waals surface area contributed by atoms with Gasteiger partial charge in [-0.1, -0.05) is 38.8 Å². The number of anilines is 1. The number of hydrogen-bond donors (Lipinski definition) is 2. The molecule has 2 N–H and O–H groups in total. The summed E-state index contributed by atoms with van der Waals surface area (Å²) in [4.78, 5) is 12.4. The fourth-order valence-corrected chi connectivity index (χ4v) is 3.20. The molecule has 0 heterocycles. The molecule has 0 saturated heterocycles. The Balaban J connectivity index is 1.94. The largest absolute Gasteiger partial charge is 0.495 e. The summed E-state index contributed by atoms with van der Waals surface area (Å²) in [6.07, 6.45) is 3.68. The van der Waals surface area contributed by atoms with Crippen LogP contribution in [0.3, 0.4) is 0 Å². The molecule has 4 nitrogen and oxygen atoms in total. The Hall–Kier alpha value is -1.55. The van der Waals surface area contributed by atoms with Gasteiger partial charge in [0, 0.05) is 6.04 Å². The van der Waals surface area contributed by atoms with Crippen LogP contribution in [0.1, 0.15) is 40.0 Å². The molecule has 0 bridgehead atoms. The number of rotatable bonds is 5. The van der Waals surface area contributed by atoms with Gasteiger partial charge < -0.3 is 15.4 Å². The van der Waals surface area contributed by atoms with Crippen LogP contribution in [-0.2, 0) is 4.79 Å². The third kappa shape index (κ3) is 4.01. The Labute approximate surface area is 133 Å². The van der Waals surface area contributed by atoms with Gasteiger partial charge in [-0.2, -0.15) is 0 Å². The highest BCUT2D eigenvalue weighted by molar-refractivity contribution is 5.95. The maximum Gasteiger partial charge on any atom is 0.241 e. The van der Waals surface area contributed by atoms with Crippen LogP contribution in [0.25, 0.3) is 0 Å². The minimum Gasteiger partial charge on any atom is -0.495 e. The van der Waals surface area contributed by atoms with E-state index in [0.29, 0.717) is 23.4 Å². The summed E-state index contributed by atoms with van der Waals surface area (Å²) < 4.78 is 5.27. The molecule has 0 unspecified atom stereocenters. The third-order valence-corrected chi connectivity index (χ3v) is 4.93. The van der Waals surface area contributed by atoms with E-state index in [1.54, 1.807) is 7.11 Å². The molecule has 1 fully saturated rings. The van der Waals surface area contributed by atoms with Gasteiger partial charge in [-0.3, -0.25) is 4.79 Å². The van der Waals surface area contributed by atoms with Crippen LogP contribution in [0.5, 0.6) is 5.75 Å². The van der Waals surface area contributed by atoms with Gasteiger partial charge in [-0.05, 0) is 37.3 Å². The summed E-state index contributed by atoms with van der Waals surface area (Å²) in [6, 6.07) is 7.68. The molecular formula is C18H28N2O2. The first kappa shape index (κ1) is 16.8. The van der Waals surface area contributed by atoms with Crippen molar-refractivity contribution in [1.29, 1.82) is 0 Å². The molecule has 0 radical (unpaired) electrons. The van der Waals surface area contributed by atoms with Gasteiger partial charge in [0.25, 0.3) is 0 Å². The molecule has 0 spiro atoms. The molecule has 2 rings (SSSR count). The molecule has 1 amide bonds. The quantitative estimate of drug-likeness (QED) is 0.876. The predicted octanol–water partition coefficient (Wildman–Crippen LogP) is 3.44. The average Bonchev–Trinajstić information content (AvgIpc) is 2.52. The van der Waals surface area contributed by atoms with Crippen LogP contribution in [0.4, 0.5) is 5.69 Å². The average molecular weight is 304 g/mol. The fraction of sp³-hybridized carbons (Fsp3) is 0.611. The van der Waals surface area contributed by atoms with Crippen molar-refractivity contribution >= 4 is 11.6 Å². The lowest BCUT2D eigenvalue weighted by Crippen LogP contribution is -2.49. The van der Waals surface area contributed by atoms with Crippen molar-refractivity contribution in [3.63, 3.8) is 0 Å². The highest BCUT2D eigenvalue weighted by Crippen LogP contribution is 2.30. The monoisotopic (exact) mass is 304 g/mol. The first-order valence-electron chi connectivity index (χ1n) is 8.23. The van der Waals surface area contributed by atoms with E-state index in [4.69, 9.17) is 4.74 Å².